The highest BCUT2D eigenvalue weighted by Crippen LogP contribution is 2.39. The molecule has 2 aromatic rings. The molecule has 0 N–H and O–H groups in total. The van der Waals surface area contributed by atoms with Crippen molar-refractivity contribution in [3.63, 3.8) is 0 Å². The molecule has 0 saturated heterocycles. The van der Waals surface area contributed by atoms with Crippen molar-refractivity contribution in [3.8, 4) is 11.8 Å². The van der Waals surface area contributed by atoms with Gasteiger partial charge in [0, 0.05) is 16.0 Å². The van der Waals surface area contributed by atoms with Crippen LogP contribution in [0.1, 0.15) is 48.8 Å². The third-order valence-electron chi connectivity index (χ3n) is 4.64. The number of rotatable bonds is 2. The molecule has 1 heteroatoms. The van der Waals surface area contributed by atoms with E-state index >= 15 is 0 Å². The molecule has 0 heterocycles. The van der Waals surface area contributed by atoms with E-state index in [2.05, 4.69) is 73.6 Å². The normalized spacial score (nSPS) is 20.5. The van der Waals surface area contributed by atoms with E-state index in [4.69, 9.17) is 0 Å². The summed E-state index contributed by atoms with van der Waals surface area (Å²) < 4.78 is 0. The average molecular weight is 306 g/mol. The lowest BCUT2D eigenvalue weighted by Gasteiger charge is -2.15. The van der Waals surface area contributed by atoms with Gasteiger partial charge in [-0.2, -0.15) is 0 Å². The number of hydrogen-bond acceptors (Lipinski definition) is 1. The summed E-state index contributed by atoms with van der Waals surface area (Å²) in [6, 6.07) is 17.3. The van der Waals surface area contributed by atoms with Crippen LogP contribution in [0.5, 0.6) is 0 Å². The molecule has 0 aliphatic heterocycles. The number of thioether (sulfide) groups is 1. The zero-order valence-electron chi connectivity index (χ0n) is 13.3. The third-order valence-corrected chi connectivity index (χ3v) is 5.39. The molecule has 0 radical (unpaired) electrons. The molecule has 2 unspecified atom stereocenters. The predicted molar refractivity (Wildman–Crippen MR) is 96.4 cm³/mol. The Bertz CT molecular complexity index is 671. The summed E-state index contributed by atoms with van der Waals surface area (Å²) in [5.41, 5.74) is 3.66. The highest BCUT2D eigenvalue weighted by atomic mass is 32.2. The Labute approximate surface area is 138 Å². The maximum absolute atomic E-state index is 3.27. The van der Waals surface area contributed by atoms with Gasteiger partial charge < -0.3 is 0 Å². The van der Waals surface area contributed by atoms with Crippen LogP contribution in [0.3, 0.4) is 0 Å². The maximum Gasteiger partial charge on any atom is 0.0249 e. The van der Waals surface area contributed by atoms with Crippen molar-refractivity contribution < 1.29 is 0 Å². The monoisotopic (exact) mass is 306 g/mol. The van der Waals surface area contributed by atoms with Gasteiger partial charge in [-0.25, -0.2) is 0 Å². The van der Waals surface area contributed by atoms with Crippen molar-refractivity contribution in [1.29, 1.82) is 0 Å². The number of benzene rings is 2. The predicted octanol–water partition coefficient (Wildman–Crippen LogP) is 5.71. The standard InChI is InChI=1S/C21H22S/c1-16-4-3-5-21(16)19-12-8-17(9-13-19)6-7-18-10-14-20(22-2)15-11-18/h8-16,21H,3-5H2,1-2H3. The van der Waals surface area contributed by atoms with E-state index in [9.17, 15) is 0 Å². The second kappa shape index (κ2) is 7.07. The quantitative estimate of drug-likeness (QED) is 0.505. The second-order valence-electron chi connectivity index (χ2n) is 6.12. The second-order valence-corrected chi connectivity index (χ2v) is 6.99. The van der Waals surface area contributed by atoms with E-state index in [1.54, 1.807) is 11.8 Å². The van der Waals surface area contributed by atoms with Crippen LogP contribution in [0.25, 0.3) is 0 Å². The topological polar surface area (TPSA) is 0 Å². The summed E-state index contributed by atoms with van der Waals surface area (Å²) in [4.78, 5) is 1.28. The van der Waals surface area contributed by atoms with Crippen LogP contribution in [0.4, 0.5) is 0 Å². The SMILES string of the molecule is CSc1ccc(C#Cc2ccc(C3CCCC3C)cc2)cc1. The highest BCUT2D eigenvalue weighted by molar-refractivity contribution is 7.98. The Morgan fingerprint density at radius 2 is 1.45 bits per heavy atom. The van der Waals surface area contributed by atoms with E-state index in [0.29, 0.717) is 0 Å². The Morgan fingerprint density at radius 3 is 1.95 bits per heavy atom. The van der Waals surface area contributed by atoms with E-state index < -0.39 is 0 Å². The molecule has 2 atom stereocenters. The molecule has 22 heavy (non-hydrogen) atoms. The fourth-order valence-electron chi connectivity index (χ4n) is 3.27. The Morgan fingerprint density at radius 1 is 0.864 bits per heavy atom. The minimum absolute atomic E-state index is 0.751. The molecule has 0 spiro atoms. The zero-order chi connectivity index (χ0) is 15.4. The molecule has 0 bridgehead atoms. The molecule has 0 amide bonds. The van der Waals surface area contributed by atoms with Gasteiger partial charge in [-0.15, -0.1) is 11.8 Å². The molecule has 1 fully saturated rings. The lowest BCUT2D eigenvalue weighted by Crippen LogP contribution is -2.01. The van der Waals surface area contributed by atoms with Gasteiger partial charge in [0.25, 0.3) is 0 Å². The van der Waals surface area contributed by atoms with Crippen LogP contribution in [0.15, 0.2) is 53.4 Å². The molecule has 0 nitrogen and oxygen atoms in total. The zero-order valence-corrected chi connectivity index (χ0v) is 14.1. The van der Waals surface area contributed by atoms with E-state index in [1.807, 2.05) is 0 Å². The third kappa shape index (κ3) is 3.57. The lowest BCUT2D eigenvalue weighted by atomic mass is 9.90. The van der Waals surface area contributed by atoms with E-state index in [-0.39, 0.29) is 0 Å². The van der Waals surface area contributed by atoms with Crippen LogP contribution >= 0.6 is 11.8 Å². The van der Waals surface area contributed by atoms with Crippen molar-refractivity contribution in [2.24, 2.45) is 5.92 Å². The van der Waals surface area contributed by atoms with Gasteiger partial charge in [0.15, 0.2) is 0 Å². The summed E-state index contributed by atoms with van der Waals surface area (Å²) in [6.45, 7) is 2.38. The smallest absolute Gasteiger partial charge is 0.0249 e. The summed E-state index contributed by atoms with van der Waals surface area (Å²) in [7, 11) is 0. The van der Waals surface area contributed by atoms with Crippen LogP contribution in [-0.4, -0.2) is 6.26 Å². The van der Waals surface area contributed by atoms with Crippen molar-refractivity contribution in [1.82, 2.24) is 0 Å². The van der Waals surface area contributed by atoms with Crippen LogP contribution in [0, 0.1) is 17.8 Å². The first-order chi connectivity index (χ1) is 10.8. The van der Waals surface area contributed by atoms with Gasteiger partial charge in [-0.3, -0.25) is 0 Å². The van der Waals surface area contributed by atoms with E-state index in [1.165, 1.54) is 29.7 Å². The molecule has 0 aromatic heterocycles. The fraction of sp³-hybridized carbons (Fsp3) is 0.333. The first kappa shape index (κ1) is 15.3. The van der Waals surface area contributed by atoms with Gasteiger partial charge in [0.05, 0.1) is 0 Å². The van der Waals surface area contributed by atoms with Gasteiger partial charge in [-0.1, -0.05) is 43.7 Å². The van der Waals surface area contributed by atoms with Gasteiger partial charge >= 0.3 is 0 Å². The molecule has 2 aromatic carbocycles. The largest absolute Gasteiger partial charge is 0.130 e. The van der Waals surface area contributed by atoms with Gasteiger partial charge in [-0.05, 0) is 66.5 Å². The molecule has 1 aliphatic carbocycles. The minimum Gasteiger partial charge on any atom is -0.130 e. The lowest BCUT2D eigenvalue weighted by molar-refractivity contribution is 0.533. The van der Waals surface area contributed by atoms with Crippen LogP contribution in [-0.2, 0) is 0 Å². The molecular weight excluding hydrogens is 284 g/mol. The van der Waals surface area contributed by atoms with E-state index in [0.717, 1.165) is 23.0 Å². The van der Waals surface area contributed by atoms with Crippen molar-refractivity contribution in [2.45, 2.75) is 37.0 Å². The van der Waals surface area contributed by atoms with Crippen LogP contribution < -0.4 is 0 Å². The summed E-state index contributed by atoms with van der Waals surface area (Å²) >= 11 is 1.76. The first-order valence-electron chi connectivity index (χ1n) is 8.02. The molecule has 3 rings (SSSR count). The molecular formula is C21H22S. The Hall–Kier alpha value is -1.65. The van der Waals surface area contributed by atoms with Crippen LogP contribution in [0.2, 0.25) is 0 Å². The summed E-state index contributed by atoms with van der Waals surface area (Å²) in [5.74, 6) is 8.10. The number of hydrogen-bond donors (Lipinski definition) is 0. The summed E-state index contributed by atoms with van der Waals surface area (Å²) in [6.07, 6.45) is 6.18. The van der Waals surface area contributed by atoms with Crippen molar-refractivity contribution >= 4 is 11.8 Å². The summed E-state index contributed by atoms with van der Waals surface area (Å²) in [5, 5.41) is 0. The first-order valence-corrected chi connectivity index (χ1v) is 9.25. The Balaban J connectivity index is 1.72. The Kier molecular flexibility index (Phi) is 4.90. The minimum atomic E-state index is 0.751. The van der Waals surface area contributed by atoms with Crippen molar-refractivity contribution in [2.75, 3.05) is 6.26 Å². The molecule has 1 saturated carbocycles. The molecule has 1 aliphatic rings. The van der Waals surface area contributed by atoms with Gasteiger partial charge in [0.1, 0.15) is 0 Å². The van der Waals surface area contributed by atoms with Gasteiger partial charge in [0.2, 0.25) is 0 Å². The maximum atomic E-state index is 3.27. The highest BCUT2D eigenvalue weighted by Gasteiger charge is 2.24. The fourth-order valence-corrected chi connectivity index (χ4v) is 3.68. The molecule has 112 valence electrons. The van der Waals surface area contributed by atoms with Crippen molar-refractivity contribution in [3.05, 3.63) is 65.2 Å². The average Bonchev–Trinajstić information content (AvgIpc) is 3.00.